The van der Waals surface area contributed by atoms with Crippen molar-refractivity contribution in [3.05, 3.63) is 20.8 Å². The summed E-state index contributed by atoms with van der Waals surface area (Å²) in [6.07, 6.45) is 0. The number of hydrogen-bond acceptors (Lipinski definition) is 5. The summed E-state index contributed by atoms with van der Waals surface area (Å²) < 4.78 is 0. The number of carboxylic acid groups (broad SMARTS) is 1. The summed E-state index contributed by atoms with van der Waals surface area (Å²) in [5.74, 6) is -1.55. The highest BCUT2D eigenvalue weighted by atomic mass is 16.4. The molecule has 0 aliphatic rings. The highest BCUT2D eigenvalue weighted by Crippen LogP contribution is 2.06. The van der Waals surface area contributed by atoms with E-state index in [1.807, 2.05) is 10.1 Å². The number of rotatable bonds is 4. The molecule has 0 bridgehead atoms. The molecule has 1 heterocycles. The summed E-state index contributed by atoms with van der Waals surface area (Å²) in [4.78, 5) is 34.7. The zero-order valence-corrected chi connectivity index (χ0v) is 8.77. The van der Waals surface area contributed by atoms with E-state index in [1.54, 1.807) is 13.8 Å². The molecule has 88 valence electrons. The van der Waals surface area contributed by atoms with Gasteiger partial charge in [-0.1, -0.05) is 13.8 Å². The Balaban J connectivity index is 2.99. The first-order valence-corrected chi connectivity index (χ1v) is 4.60. The van der Waals surface area contributed by atoms with E-state index in [2.05, 4.69) is 10.4 Å². The lowest BCUT2D eigenvalue weighted by molar-refractivity contribution is -0.138. The van der Waals surface area contributed by atoms with Gasteiger partial charge in [0.2, 0.25) is 5.82 Å². The Kier molecular flexibility index (Phi) is 3.44. The maximum Gasteiger partial charge on any atom is 0.342 e. The number of carbonyl (C=O) groups is 1. The van der Waals surface area contributed by atoms with Crippen molar-refractivity contribution in [2.75, 3.05) is 5.32 Å². The second-order valence-electron chi connectivity index (χ2n) is 3.56. The average Bonchev–Trinajstić information content (AvgIpc) is 2.15. The predicted octanol–water partition coefficient (Wildman–Crippen LogP) is -1.02. The van der Waals surface area contributed by atoms with Crippen molar-refractivity contribution >= 4 is 11.8 Å². The lowest BCUT2D eigenvalue weighted by Crippen LogP contribution is -2.38. The zero-order chi connectivity index (χ0) is 12.3. The molecule has 8 heteroatoms. The van der Waals surface area contributed by atoms with Gasteiger partial charge in [0, 0.05) is 0 Å². The summed E-state index contributed by atoms with van der Waals surface area (Å²) in [6, 6.07) is -0.945. The van der Waals surface area contributed by atoms with Crippen LogP contribution in [0.3, 0.4) is 0 Å². The smallest absolute Gasteiger partial charge is 0.342 e. The summed E-state index contributed by atoms with van der Waals surface area (Å²) in [7, 11) is 0. The first-order valence-electron chi connectivity index (χ1n) is 4.60. The number of carboxylic acids is 1. The van der Waals surface area contributed by atoms with Crippen molar-refractivity contribution in [1.29, 1.82) is 0 Å². The molecule has 0 aromatic carbocycles. The second kappa shape index (κ2) is 4.60. The Hall–Kier alpha value is -2.12. The van der Waals surface area contributed by atoms with Crippen molar-refractivity contribution in [2.45, 2.75) is 19.9 Å². The molecule has 0 fully saturated rings. The molecule has 0 saturated carbocycles. The first-order chi connectivity index (χ1) is 7.41. The van der Waals surface area contributed by atoms with Gasteiger partial charge >= 0.3 is 11.7 Å². The molecule has 1 rings (SSSR count). The number of aliphatic carboxylic acids is 1. The fourth-order valence-electron chi connectivity index (χ4n) is 1.11. The van der Waals surface area contributed by atoms with Crippen LogP contribution in [0.15, 0.2) is 9.59 Å². The highest BCUT2D eigenvalue weighted by molar-refractivity contribution is 5.77. The van der Waals surface area contributed by atoms with Gasteiger partial charge in [-0.25, -0.2) is 14.7 Å². The molecule has 4 N–H and O–H groups in total. The van der Waals surface area contributed by atoms with E-state index in [0.29, 0.717) is 0 Å². The van der Waals surface area contributed by atoms with Gasteiger partial charge in [0.1, 0.15) is 6.04 Å². The van der Waals surface area contributed by atoms with Gasteiger partial charge < -0.3 is 10.4 Å². The Morgan fingerprint density at radius 3 is 2.50 bits per heavy atom. The van der Waals surface area contributed by atoms with Gasteiger partial charge in [-0.3, -0.25) is 9.78 Å². The van der Waals surface area contributed by atoms with Gasteiger partial charge in [0.15, 0.2) is 0 Å². The van der Waals surface area contributed by atoms with Crippen molar-refractivity contribution in [1.82, 2.24) is 15.2 Å². The molecule has 0 amide bonds. The topological polar surface area (TPSA) is 128 Å². The maximum atomic E-state index is 11.2. The van der Waals surface area contributed by atoms with Crippen molar-refractivity contribution in [3.63, 3.8) is 0 Å². The Labute approximate surface area is 89.7 Å². The molecule has 0 unspecified atom stereocenters. The van der Waals surface area contributed by atoms with Crippen LogP contribution in [0.2, 0.25) is 0 Å². The third-order valence-corrected chi connectivity index (χ3v) is 1.94. The van der Waals surface area contributed by atoms with Crippen LogP contribution in [0.1, 0.15) is 13.8 Å². The van der Waals surface area contributed by atoms with E-state index in [1.165, 1.54) is 0 Å². The van der Waals surface area contributed by atoms with E-state index < -0.39 is 23.3 Å². The number of H-pyrrole nitrogens is 2. The van der Waals surface area contributed by atoms with Gasteiger partial charge in [-0.15, -0.1) is 5.10 Å². The van der Waals surface area contributed by atoms with Crippen molar-refractivity contribution < 1.29 is 9.90 Å². The van der Waals surface area contributed by atoms with Crippen LogP contribution in [-0.4, -0.2) is 32.3 Å². The van der Waals surface area contributed by atoms with Crippen LogP contribution in [0.4, 0.5) is 5.82 Å². The minimum absolute atomic E-state index is 0.222. The van der Waals surface area contributed by atoms with Crippen LogP contribution in [0.5, 0.6) is 0 Å². The van der Waals surface area contributed by atoms with Gasteiger partial charge in [-0.2, -0.15) is 0 Å². The SMILES string of the molecule is CC(C)[C@@H](Nc1n[nH]c(=O)[nH]c1=O)C(=O)O. The minimum atomic E-state index is -1.10. The highest BCUT2D eigenvalue weighted by Gasteiger charge is 2.22. The maximum absolute atomic E-state index is 11.2. The van der Waals surface area contributed by atoms with Gasteiger partial charge in [0.25, 0.3) is 5.56 Å². The number of anilines is 1. The third kappa shape index (κ3) is 2.69. The summed E-state index contributed by atoms with van der Waals surface area (Å²) >= 11 is 0. The van der Waals surface area contributed by atoms with E-state index in [0.717, 1.165) is 0 Å². The molecule has 0 saturated heterocycles. The Morgan fingerprint density at radius 1 is 1.44 bits per heavy atom. The summed E-state index contributed by atoms with van der Waals surface area (Å²) in [6.45, 7) is 3.37. The van der Waals surface area contributed by atoms with Crippen molar-refractivity contribution in [3.8, 4) is 0 Å². The zero-order valence-electron chi connectivity index (χ0n) is 8.77. The molecular formula is C8H12N4O4. The van der Waals surface area contributed by atoms with Gasteiger partial charge in [-0.05, 0) is 5.92 Å². The summed E-state index contributed by atoms with van der Waals surface area (Å²) in [5, 5.41) is 16.8. The van der Waals surface area contributed by atoms with Crippen LogP contribution in [-0.2, 0) is 4.79 Å². The molecule has 8 nitrogen and oxygen atoms in total. The molecule has 0 aliphatic carbocycles. The number of aromatic amines is 2. The largest absolute Gasteiger partial charge is 0.480 e. The van der Waals surface area contributed by atoms with E-state index >= 15 is 0 Å². The van der Waals surface area contributed by atoms with Crippen molar-refractivity contribution in [2.24, 2.45) is 5.92 Å². The van der Waals surface area contributed by atoms with Crippen LogP contribution < -0.4 is 16.6 Å². The number of nitrogens with one attached hydrogen (secondary N) is 3. The van der Waals surface area contributed by atoms with Crippen LogP contribution >= 0.6 is 0 Å². The molecule has 0 aliphatic heterocycles. The Morgan fingerprint density at radius 2 is 2.06 bits per heavy atom. The Bertz CT molecular complexity index is 489. The molecule has 0 radical (unpaired) electrons. The molecule has 16 heavy (non-hydrogen) atoms. The number of hydrogen-bond donors (Lipinski definition) is 4. The quantitative estimate of drug-likeness (QED) is 0.522. The average molecular weight is 228 g/mol. The monoisotopic (exact) mass is 228 g/mol. The molecule has 1 atom stereocenters. The number of nitrogens with zero attached hydrogens (tertiary/aromatic N) is 1. The minimum Gasteiger partial charge on any atom is -0.480 e. The molecular weight excluding hydrogens is 216 g/mol. The second-order valence-corrected chi connectivity index (χ2v) is 3.56. The third-order valence-electron chi connectivity index (χ3n) is 1.94. The lowest BCUT2D eigenvalue weighted by Gasteiger charge is -2.17. The summed E-state index contributed by atoms with van der Waals surface area (Å²) in [5.41, 5.74) is -1.50. The van der Waals surface area contributed by atoms with E-state index in [4.69, 9.17) is 5.11 Å². The number of aromatic nitrogens is 3. The fourth-order valence-corrected chi connectivity index (χ4v) is 1.11. The molecule has 1 aromatic heterocycles. The van der Waals surface area contributed by atoms with Crippen LogP contribution in [0.25, 0.3) is 0 Å². The molecule has 0 spiro atoms. The van der Waals surface area contributed by atoms with E-state index in [-0.39, 0.29) is 11.7 Å². The van der Waals surface area contributed by atoms with Gasteiger partial charge in [0.05, 0.1) is 0 Å². The van der Waals surface area contributed by atoms with Crippen LogP contribution in [0, 0.1) is 5.92 Å². The normalized spacial score (nSPS) is 12.4. The standard InChI is InChI=1S/C8H12N4O4/c1-3(2)4(7(14)15)9-5-6(13)10-8(16)12-11-5/h3-4H,1-2H3,(H,9,11)(H,14,15)(H2,10,12,13,16)/t4-/m1/s1. The lowest BCUT2D eigenvalue weighted by atomic mass is 10.1. The molecule has 1 aromatic rings. The predicted molar refractivity (Wildman–Crippen MR) is 55.4 cm³/mol. The fraction of sp³-hybridized carbons (Fsp3) is 0.500. The van der Waals surface area contributed by atoms with E-state index in [9.17, 15) is 14.4 Å². The first kappa shape index (κ1) is 12.0.